The van der Waals surface area contributed by atoms with Crippen LogP contribution in [0.1, 0.15) is 10.4 Å². The summed E-state index contributed by atoms with van der Waals surface area (Å²) in [5.74, 6) is -0.376. The van der Waals surface area contributed by atoms with E-state index in [1.165, 1.54) is 0 Å². The number of hydrogen-bond acceptors (Lipinski definition) is 3. The summed E-state index contributed by atoms with van der Waals surface area (Å²) < 4.78 is 6.04. The number of hydrogen-bond donors (Lipinski definition) is 1. The molecule has 1 aromatic heterocycles. The van der Waals surface area contributed by atoms with Crippen molar-refractivity contribution < 1.29 is 9.21 Å². The molecule has 5 heteroatoms. The van der Waals surface area contributed by atoms with Crippen molar-refractivity contribution in [3.8, 4) is 0 Å². The fraction of sp³-hybridized carbons (Fsp3) is 0. The summed E-state index contributed by atoms with van der Waals surface area (Å²) in [5.41, 5.74) is 0.468. The maximum atomic E-state index is 12.5. The summed E-state index contributed by atoms with van der Waals surface area (Å²) in [5, 5.41) is 5.42. The topological polar surface area (TPSA) is 59.3 Å². The lowest BCUT2D eigenvalue weighted by atomic mass is 10.1. The molecule has 0 aliphatic carbocycles. The minimum atomic E-state index is -0.580. The Morgan fingerprint density at radius 2 is 1.68 bits per heavy atom. The maximum Gasteiger partial charge on any atom is 0.360 e. The minimum Gasteiger partial charge on any atom is -0.421 e. The molecule has 0 spiro atoms. The first-order valence-corrected chi connectivity index (χ1v) is 8.44. The molecule has 4 nitrogen and oxygen atoms in total. The molecular formula is C20H12BrNO3. The first-order chi connectivity index (χ1) is 12.1. The van der Waals surface area contributed by atoms with Gasteiger partial charge in [0.25, 0.3) is 5.91 Å². The normalized spacial score (nSPS) is 10.9. The first-order valence-electron chi connectivity index (χ1n) is 7.65. The predicted octanol–water partition coefficient (Wildman–Crippen LogP) is 4.96. The molecule has 0 aliphatic rings. The minimum absolute atomic E-state index is 0.115. The van der Waals surface area contributed by atoms with E-state index < -0.39 is 5.63 Å². The van der Waals surface area contributed by atoms with E-state index in [1.54, 1.807) is 30.3 Å². The van der Waals surface area contributed by atoms with Crippen LogP contribution in [0.15, 0.2) is 80.4 Å². The Morgan fingerprint density at radius 1 is 0.920 bits per heavy atom. The lowest BCUT2D eigenvalue weighted by Gasteiger charge is -2.08. The van der Waals surface area contributed by atoms with Crippen LogP contribution in [0.5, 0.6) is 0 Å². The number of fused-ring (bicyclic) bond motifs is 3. The van der Waals surface area contributed by atoms with Crippen molar-refractivity contribution in [3.05, 3.63) is 87.2 Å². The van der Waals surface area contributed by atoms with Gasteiger partial charge in [-0.1, -0.05) is 42.5 Å². The van der Waals surface area contributed by atoms with Crippen LogP contribution in [0.4, 0.5) is 5.69 Å². The molecule has 0 unspecified atom stereocenters. The molecule has 0 saturated heterocycles. The molecule has 0 bridgehead atoms. The fourth-order valence-corrected chi connectivity index (χ4v) is 3.26. The number of carbonyl (C=O) groups excluding carboxylic acids is 1. The second kappa shape index (κ2) is 6.18. The van der Waals surface area contributed by atoms with Crippen molar-refractivity contribution in [3.63, 3.8) is 0 Å². The van der Waals surface area contributed by atoms with Gasteiger partial charge in [-0.05, 0) is 51.0 Å². The van der Waals surface area contributed by atoms with Gasteiger partial charge in [0.15, 0.2) is 0 Å². The standard InChI is InChI=1S/C20H12BrNO3/c21-16-8-4-3-7-14(16)19(23)22-17-11-15-13-6-2-1-5-12(13)9-10-18(15)25-20(17)24/h1-11H,(H,22,23). The number of benzene rings is 3. The number of amides is 1. The monoisotopic (exact) mass is 393 g/mol. The molecule has 1 amide bonds. The summed E-state index contributed by atoms with van der Waals surface area (Å²) in [6.07, 6.45) is 0. The summed E-state index contributed by atoms with van der Waals surface area (Å²) >= 11 is 3.34. The lowest BCUT2D eigenvalue weighted by molar-refractivity contribution is 0.102. The smallest absolute Gasteiger partial charge is 0.360 e. The van der Waals surface area contributed by atoms with E-state index in [0.717, 1.165) is 16.2 Å². The van der Waals surface area contributed by atoms with E-state index in [-0.39, 0.29) is 11.6 Å². The Kier molecular flexibility index (Phi) is 3.86. The van der Waals surface area contributed by atoms with Crippen molar-refractivity contribution in [1.29, 1.82) is 0 Å². The Balaban J connectivity index is 1.83. The van der Waals surface area contributed by atoms with E-state index in [0.29, 0.717) is 15.6 Å². The van der Waals surface area contributed by atoms with Crippen LogP contribution in [0.25, 0.3) is 21.7 Å². The Hall–Kier alpha value is -2.92. The molecule has 0 saturated carbocycles. The van der Waals surface area contributed by atoms with Crippen LogP contribution in [0.3, 0.4) is 0 Å². The lowest BCUT2D eigenvalue weighted by Crippen LogP contribution is -2.18. The molecule has 1 N–H and O–H groups in total. The van der Waals surface area contributed by atoms with Gasteiger partial charge >= 0.3 is 5.63 Å². The van der Waals surface area contributed by atoms with Crippen molar-refractivity contribution in [2.24, 2.45) is 0 Å². The third-order valence-electron chi connectivity index (χ3n) is 4.01. The van der Waals surface area contributed by atoms with Gasteiger partial charge in [-0.2, -0.15) is 0 Å². The zero-order chi connectivity index (χ0) is 17.4. The van der Waals surface area contributed by atoms with Gasteiger partial charge in [0, 0.05) is 9.86 Å². The van der Waals surface area contributed by atoms with Gasteiger partial charge in [-0.3, -0.25) is 4.79 Å². The van der Waals surface area contributed by atoms with E-state index in [1.807, 2.05) is 36.4 Å². The van der Waals surface area contributed by atoms with Gasteiger partial charge in [0.2, 0.25) is 0 Å². The molecule has 0 atom stereocenters. The molecule has 4 aromatic rings. The van der Waals surface area contributed by atoms with Crippen LogP contribution < -0.4 is 10.9 Å². The number of rotatable bonds is 2. The molecule has 0 aliphatic heterocycles. The molecule has 122 valence electrons. The van der Waals surface area contributed by atoms with Gasteiger partial charge < -0.3 is 9.73 Å². The second-order valence-corrected chi connectivity index (χ2v) is 6.43. The van der Waals surface area contributed by atoms with Crippen LogP contribution in [-0.2, 0) is 0 Å². The molecule has 3 aromatic carbocycles. The van der Waals surface area contributed by atoms with E-state index in [2.05, 4.69) is 21.2 Å². The van der Waals surface area contributed by atoms with Crippen molar-refractivity contribution in [1.82, 2.24) is 0 Å². The average Bonchev–Trinajstić information content (AvgIpc) is 2.62. The third kappa shape index (κ3) is 2.83. The molecular weight excluding hydrogens is 382 g/mol. The van der Waals surface area contributed by atoms with Crippen LogP contribution in [0.2, 0.25) is 0 Å². The van der Waals surface area contributed by atoms with Crippen LogP contribution >= 0.6 is 15.9 Å². The highest BCUT2D eigenvalue weighted by Crippen LogP contribution is 2.26. The van der Waals surface area contributed by atoms with Crippen LogP contribution in [-0.4, -0.2) is 5.91 Å². The van der Waals surface area contributed by atoms with Crippen LogP contribution in [0, 0.1) is 0 Å². The Morgan fingerprint density at radius 3 is 2.52 bits per heavy atom. The highest BCUT2D eigenvalue weighted by molar-refractivity contribution is 9.10. The largest absolute Gasteiger partial charge is 0.421 e. The Labute approximate surface area is 151 Å². The number of anilines is 1. The SMILES string of the molecule is O=C(Nc1cc2c(ccc3ccccc32)oc1=O)c1ccccc1Br. The van der Waals surface area contributed by atoms with E-state index in [9.17, 15) is 9.59 Å². The average molecular weight is 394 g/mol. The summed E-state index contributed by atoms with van der Waals surface area (Å²) in [7, 11) is 0. The predicted molar refractivity (Wildman–Crippen MR) is 102 cm³/mol. The zero-order valence-electron chi connectivity index (χ0n) is 13.0. The first kappa shape index (κ1) is 15.6. The quantitative estimate of drug-likeness (QED) is 0.386. The number of nitrogens with one attached hydrogen (secondary N) is 1. The highest BCUT2D eigenvalue weighted by atomic mass is 79.9. The maximum absolute atomic E-state index is 12.5. The number of halogens is 1. The molecule has 0 fully saturated rings. The van der Waals surface area contributed by atoms with Crippen molar-refractivity contribution in [2.45, 2.75) is 0 Å². The molecule has 4 rings (SSSR count). The third-order valence-corrected chi connectivity index (χ3v) is 4.70. The molecule has 25 heavy (non-hydrogen) atoms. The zero-order valence-corrected chi connectivity index (χ0v) is 14.5. The summed E-state index contributed by atoms with van der Waals surface area (Å²) in [6, 6.07) is 20.2. The van der Waals surface area contributed by atoms with E-state index >= 15 is 0 Å². The fourth-order valence-electron chi connectivity index (χ4n) is 2.79. The Bertz CT molecular complexity index is 1180. The highest BCUT2D eigenvalue weighted by Gasteiger charge is 2.14. The summed E-state index contributed by atoms with van der Waals surface area (Å²) in [4.78, 5) is 24.7. The second-order valence-electron chi connectivity index (χ2n) is 5.58. The van der Waals surface area contributed by atoms with Crippen molar-refractivity contribution >= 4 is 49.3 Å². The van der Waals surface area contributed by atoms with Gasteiger partial charge in [-0.25, -0.2) is 4.79 Å². The van der Waals surface area contributed by atoms with Gasteiger partial charge in [0.05, 0.1) is 5.56 Å². The van der Waals surface area contributed by atoms with Crippen molar-refractivity contribution in [2.75, 3.05) is 5.32 Å². The van der Waals surface area contributed by atoms with Gasteiger partial charge in [0.1, 0.15) is 11.3 Å². The van der Waals surface area contributed by atoms with Gasteiger partial charge in [-0.15, -0.1) is 0 Å². The molecule has 1 heterocycles. The summed E-state index contributed by atoms with van der Waals surface area (Å²) in [6.45, 7) is 0. The number of carbonyl (C=O) groups is 1. The molecule has 0 radical (unpaired) electrons. The van der Waals surface area contributed by atoms with E-state index in [4.69, 9.17) is 4.42 Å².